The van der Waals surface area contributed by atoms with Crippen molar-refractivity contribution in [3.05, 3.63) is 60.7 Å². The van der Waals surface area contributed by atoms with Crippen LogP contribution in [0.3, 0.4) is 0 Å². The lowest BCUT2D eigenvalue weighted by atomic mass is 10.1. The largest absolute Gasteiger partial charge is 0.436 e. The SMILES string of the molecule is CCNc1ccc2oc(-c3ccc4ccccc4c3)nc2c1. The predicted molar refractivity (Wildman–Crippen MR) is 91.1 cm³/mol. The molecule has 0 fully saturated rings. The molecule has 0 bridgehead atoms. The number of benzene rings is 3. The van der Waals surface area contributed by atoms with E-state index in [2.05, 4.69) is 47.6 Å². The topological polar surface area (TPSA) is 38.1 Å². The molecule has 0 saturated carbocycles. The number of fused-ring (bicyclic) bond motifs is 2. The quantitative estimate of drug-likeness (QED) is 0.571. The van der Waals surface area contributed by atoms with Crippen LogP contribution in [-0.4, -0.2) is 11.5 Å². The summed E-state index contributed by atoms with van der Waals surface area (Å²) in [6, 6.07) is 20.6. The van der Waals surface area contributed by atoms with Crippen molar-refractivity contribution in [1.82, 2.24) is 4.98 Å². The Morgan fingerprint density at radius 1 is 0.955 bits per heavy atom. The van der Waals surface area contributed by atoms with Crippen molar-refractivity contribution in [1.29, 1.82) is 0 Å². The third-order valence-electron chi connectivity index (χ3n) is 3.76. The van der Waals surface area contributed by atoms with Crippen molar-refractivity contribution in [3.63, 3.8) is 0 Å². The van der Waals surface area contributed by atoms with E-state index in [4.69, 9.17) is 4.42 Å². The second kappa shape index (κ2) is 5.19. The zero-order valence-corrected chi connectivity index (χ0v) is 12.3. The van der Waals surface area contributed by atoms with Gasteiger partial charge in [0.2, 0.25) is 5.89 Å². The van der Waals surface area contributed by atoms with Gasteiger partial charge >= 0.3 is 0 Å². The monoisotopic (exact) mass is 288 g/mol. The second-order valence-corrected chi connectivity index (χ2v) is 5.29. The van der Waals surface area contributed by atoms with Gasteiger partial charge in [0.1, 0.15) is 5.52 Å². The molecule has 1 aromatic heterocycles. The summed E-state index contributed by atoms with van der Waals surface area (Å²) >= 11 is 0. The number of hydrogen-bond donors (Lipinski definition) is 1. The van der Waals surface area contributed by atoms with Gasteiger partial charge in [0, 0.05) is 17.8 Å². The molecule has 3 nitrogen and oxygen atoms in total. The molecule has 108 valence electrons. The fourth-order valence-electron chi connectivity index (χ4n) is 2.69. The standard InChI is InChI=1S/C19H16N2O/c1-2-20-16-9-10-18-17(12-16)21-19(22-18)15-8-7-13-5-3-4-6-14(13)11-15/h3-12,20H,2H2,1H3. The number of anilines is 1. The number of nitrogens with zero attached hydrogens (tertiary/aromatic N) is 1. The van der Waals surface area contributed by atoms with Gasteiger partial charge < -0.3 is 9.73 Å². The van der Waals surface area contributed by atoms with Crippen molar-refractivity contribution in [2.45, 2.75) is 6.92 Å². The lowest BCUT2D eigenvalue weighted by Crippen LogP contribution is -1.95. The van der Waals surface area contributed by atoms with Gasteiger partial charge in [0.05, 0.1) is 0 Å². The summed E-state index contributed by atoms with van der Waals surface area (Å²) in [6.45, 7) is 2.97. The van der Waals surface area contributed by atoms with Gasteiger partial charge in [-0.1, -0.05) is 30.3 Å². The lowest BCUT2D eigenvalue weighted by molar-refractivity contribution is 0.620. The Kier molecular flexibility index (Phi) is 3.04. The molecule has 0 unspecified atom stereocenters. The summed E-state index contributed by atoms with van der Waals surface area (Å²) in [5, 5.41) is 5.70. The minimum Gasteiger partial charge on any atom is -0.436 e. The van der Waals surface area contributed by atoms with E-state index in [0.717, 1.165) is 28.9 Å². The highest BCUT2D eigenvalue weighted by atomic mass is 16.3. The van der Waals surface area contributed by atoms with Gasteiger partial charge in [-0.25, -0.2) is 4.98 Å². The van der Waals surface area contributed by atoms with Crippen LogP contribution < -0.4 is 5.32 Å². The average molecular weight is 288 g/mol. The van der Waals surface area contributed by atoms with Gasteiger partial charge in [-0.15, -0.1) is 0 Å². The minimum absolute atomic E-state index is 0.661. The molecule has 0 saturated heterocycles. The van der Waals surface area contributed by atoms with E-state index >= 15 is 0 Å². The van der Waals surface area contributed by atoms with E-state index in [9.17, 15) is 0 Å². The van der Waals surface area contributed by atoms with E-state index in [1.54, 1.807) is 0 Å². The Balaban J connectivity index is 1.81. The molecule has 22 heavy (non-hydrogen) atoms. The van der Waals surface area contributed by atoms with E-state index in [1.807, 2.05) is 30.3 Å². The molecular weight excluding hydrogens is 272 g/mol. The molecule has 4 aromatic rings. The first kappa shape index (κ1) is 12.9. The van der Waals surface area contributed by atoms with Crippen LogP contribution in [0.5, 0.6) is 0 Å². The van der Waals surface area contributed by atoms with Gasteiger partial charge in [0.15, 0.2) is 5.58 Å². The van der Waals surface area contributed by atoms with E-state index in [-0.39, 0.29) is 0 Å². The first-order valence-electron chi connectivity index (χ1n) is 7.47. The zero-order chi connectivity index (χ0) is 14.9. The fourth-order valence-corrected chi connectivity index (χ4v) is 2.69. The second-order valence-electron chi connectivity index (χ2n) is 5.29. The summed E-state index contributed by atoms with van der Waals surface area (Å²) in [7, 11) is 0. The highest BCUT2D eigenvalue weighted by molar-refractivity contribution is 5.87. The Hall–Kier alpha value is -2.81. The highest BCUT2D eigenvalue weighted by Gasteiger charge is 2.09. The molecule has 0 atom stereocenters. The zero-order valence-electron chi connectivity index (χ0n) is 12.3. The van der Waals surface area contributed by atoms with Gasteiger partial charge in [-0.05, 0) is 48.0 Å². The first-order valence-corrected chi connectivity index (χ1v) is 7.47. The highest BCUT2D eigenvalue weighted by Crippen LogP contribution is 2.28. The minimum atomic E-state index is 0.661. The molecule has 3 heteroatoms. The van der Waals surface area contributed by atoms with Crippen molar-refractivity contribution in [2.75, 3.05) is 11.9 Å². The Labute approximate surface area is 128 Å². The molecule has 0 aliphatic carbocycles. The van der Waals surface area contributed by atoms with Crippen molar-refractivity contribution < 1.29 is 4.42 Å². The number of nitrogens with one attached hydrogen (secondary N) is 1. The fraction of sp³-hybridized carbons (Fsp3) is 0.105. The smallest absolute Gasteiger partial charge is 0.227 e. The maximum Gasteiger partial charge on any atom is 0.227 e. The summed E-state index contributed by atoms with van der Waals surface area (Å²) in [5.74, 6) is 0.661. The van der Waals surface area contributed by atoms with Crippen LogP contribution >= 0.6 is 0 Å². The van der Waals surface area contributed by atoms with Gasteiger partial charge in [0.25, 0.3) is 0 Å². The molecule has 0 amide bonds. The maximum absolute atomic E-state index is 5.90. The Morgan fingerprint density at radius 3 is 2.68 bits per heavy atom. The normalized spacial score (nSPS) is 11.1. The van der Waals surface area contributed by atoms with E-state index < -0.39 is 0 Å². The summed E-state index contributed by atoms with van der Waals surface area (Å²) < 4.78 is 5.90. The predicted octanol–water partition coefficient (Wildman–Crippen LogP) is 5.08. The Morgan fingerprint density at radius 2 is 1.82 bits per heavy atom. The average Bonchev–Trinajstić information content (AvgIpc) is 2.98. The number of hydrogen-bond acceptors (Lipinski definition) is 3. The number of aromatic nitrogens is 1. The van der Waals surface area contributed by atoms with Crippen LogP contribution in [0.2, 0.25) is 0 Å². The molecule has 4 rings (SSSR count). The summed E-state index contributed by atoms with van der Waals surface area (Å²) in [4.78, 5) is 4.63. The Bertz CT molecular complexity index is 956. The number of oxazole rings is 1. The van der Waals surface area contributed by atoms with Crippen LogP contribution in [0.1, 0.15) is 6.92 Å². The maximum atomic E-state index is 5.90. The third kappa shape index (κ3) is 2.21. The van der Waals surface area contributed by atoms with Crippen molar-refractivity contribution >= 4 is 27.6 Å². The van der Waals surface area contributed by atoms with Crippen LogP contribution in [0, 0.1) is 0 Å². The van der Waals surface area contributed by atoms with Crippen LogP contribution in [0.25, 0.3) is 33.3 Å². The molecule has 3 aromatic carbocycles. The summed E-state index contributed by atoms with van der Waals surface area (Å²) in [6.07, 6.45) is 0. The molecule has 1 N–H and O–H groups in total. The van der Waals surface area contributed by atoms with E-state index in [0.29, 0.717) is 5.89 Å². The lowest BCUT2D eigenvalue weighted by Gasteiger charge is -2.00. The molecule has 0 aliphatic rings. The summed E-state index contributed by atoms with van der Waals surface area (Å²) in [5.41, 5.74) is 3.75. The molecule has 0 aliphatic heterocycles. The van der Waals surface area contributed by atoms with E-state index in [1.165, 1.54) is 10.8 Å². The molecule has 0 radical (unpaired) electrons. The molecule has 0 spiro atoms. The van der Waals surface area contributed by atoms with Gasteiger partial charge in [-0.2, -0.15) is 0 Å². The number of rotatable bonds is 3. The molecular formula is C19H16N2O. The van der Waals surface area contributed by atoms with Crippen LogP contribution in [0.4, 0.5) is 5.69 Å². The first-order chi connectivity index (χ1) is 10.8. The third-order valence-corrected chi connectivity index (χ3v) is 3.76. The van der Waals surface area contributed by atoms with Crippen LogP contribution in [-0.2, 0) is 0 Å². The van der Waals surface area contributed by atoms with Crippen molar-refractivity contribution in [3.8, 4) is 11.5 Å². The van der Waals surface area contributed by atoms with Gasteiger partial charge in [-0.3, -0.25) is 0 Å². The van der Waals surface area contributed by atoms with Crippen LogP contribution in [0.15, 0.2) is 65.1 Å². The molecule has 1 heterocycles. The van der Waals surface area contributed by atoms with Crippen molar-refractivity contribution in [2.24, 2.45) is 0 Å².